The van der Waals surface area contributed by atoms with Crippen molar-refractivity contribution in [1.29, 1.82) is 0 Å². The van der Waals surface area contributed by atoms with Crippen molar-refractivity contribution in [3.8, 4) is 5.75 Å². The van der Waals surface area contributed by atoms with Crippen LogP contribution in [0, 0.1) is 13.8 Å². The molecule has 0 radical (unpaired) electrons. The molecule has 0 aliphatic rings. The molecule has 15 heavy (non-hydrogen) atoms. The van der Waals surface area contributed by atoms with Crippen molar-refractivity contribution < 1.29 is 9.15 Å². The number of aryl methyl sites for hydroxylation is 2. The Morgan fingerprint density at radius 3 is 2.73 bits per heavy atom. The van der Waals surface area contributed by atoms with Gasteiger partial charge in [0.05, 0.1) is 6.20 Å². The summed E-state index contributed by atoms with van der Waals surface area (Å²) in [6, 6.07) is 7.90. The van der Waals surface area contributed by atoms with Gasteiger partial charge in [-0.1, -0.05) is 18.2 Å². The van der Waals surface area contributed by atoms with Crippen molar-refractivity contribution in [1.82, 2.24) is 4.98 Å². The van der Waals surface area contributed by atoms with Crippen LogP contribution in [0.5, 0.6) is 5.75 Å². The van der Waals surface area contributed by atoms with Crippen LogP contribution in [0.3, 0.4) is 0 Å². The number of para-hydroxylation sites is 1. The minimum atomic E-state index is 0.422. The van der Waals surface area contributed by atoms with Crippen LogP contribution in [0.15, 0.2) is 34.9 Å². The number of ether oxygens (including phenoxy) is 1. The maximum Gasteiger partial charge on any atom is 0.191 e. The van der Waals surface area contributed by atoms with Gasteiger partial charge in [-0.05, 0) is 18.6 Å². The molecule has 0 saturated carbocycles. The van der Waals surface area contributed by atoms with Gasteiger partial charge in [0.25, 0.3) is 0 Å². The summed E-state index contributed by atoms with van der Waals surface area (Å²) in [6.07, 6.45) is 1.69. The maximum absolute atomic E-state index is 5.60. The molecule has 1 aromatic heterocycles. The standard InChI is InChI=1S/C12H13NO2/c1-9-5-3-4-6-12(9)14-8-11-7-13-10(2)15-11/h3-7H,8H2,1-2H3. The minimum absolute atomic E-state index is 0.422. The lowest BCUT2D eigenvalue weighted by Gasteiger charge is -2.06. The molecule has 0 unspecified atom stereocenters. The molecule has 0 N–H and O–H groups in total. The first kappa shape index (κ1) is 9.77. The van der Waals surface area contributed by atoms with Crippen molar-refractivity contribution in [2.45, 2.75) is 20.5 Å². The van der Waals surface area contributed by atoms with E-state index in [1.54, 1.807) is 6.20 Å². The first-order valence-electron chi connectivity index (χ1n) is 4.85. The van der Waals surface area contributed by atoms with Gasteiger partial charge >= 0.3 is 0 Å². The van der Waals surface area contributed by atoms with E-state index in [-0.39, 0.29) is 0 Å². The summed E-state index contributed by atoms with van der Waals surface area (Å²) in [5.74, 6) is 2.29. The highest BCUT2D eigenvalue weighted by molar-refractivity contribution is 5.31. The highest BCUT2D eigenvalue weighted by atomic mass is 16.5. The van der Waals surface area contributed by atoms with Crippen LogP contribution >= 0.6 is 0 Å². The molecule has 0 spiro atoms. The first-order valence-corrected chi connectivity index (χ1v) is 4.85. The summed E-state index contributed by atoms with van der Waals surface area (Å²) in [5.41, 5.74) is 1.12. The molecule has 0 aliphatic carbocycles. The number of hydrogen-bond acceptors (Lipinski definition) is 3. The van der Waals surface area contributed by atoms with E-state index in [0.29, 0.717) is 12.5 Å². The van der Waals surface area contributed by atoms with Gasteiger partial charge in [-0.15, -0.1) is 0 Å². The number of aromatic nitrogens is 1. The van der Waals surface area contributed by atoms with E-state index >= 15 is 0 Å². The Kier molecular flexibility index (Phi) is 2.72. The molecule has 78 valence electrons. The van der Waals surface area contributed by atoms with E-state index < -0.39 is 0 Å². The van der Waals surface area contributed by atoms with Crippen LogP contribution in [-0.2, 0) is 6.61 Å². The van der Waals surface area contributed by atoms with Gasteiger partial charge in [-0.3, -0.25) is 0 Å². The third-order valence-corrected chi connectivity index (χ3v) is 2.13. The largest absolute Gasteiger partial charge is 0.485 e. The molecule has 0 bridgehead atoms. The third kappa shape index (κ3) is 2.37. The van der Waals surface area contributed by atoms with E-state index in [9.17, 15) is 0 Å². The lowest BCUT2D eigenvalue weighted by atomic mass is 10.2. The normalized spacial score (nSPS) is 10.3. The number of benzene rings is 1. The molecule has 1 heterocycles. The predicted molar refractivity (Wildman–Crippen MR) is 56.8 cm³/mol. The van der Waals surface area contributed by atoms with Gasteiger partial charge in [0.2, 0.25) is 0 Å². The summed E-state index contributed by atoms with van der Waals surface area (Å²) in [7, 11) is 0. The fourth-order valence-corrected chi connectivity index (χ4v) is 1.34. The van der Waals surface area contributed by atoms with E-state index in [4.69, 9.17) is 9.15 Å². The van der Waals surface area contributed by atoms with Crippen LogP contribution in [0.25, 0.3) is 0 Å². The minimum Gasteiger partial charge on any atom is -0.485 e. The van der Waals surface area contributed by atoms with Gasteiger partial charge in [0, 0.05) is 6.92 Å². The quantitative estimate of drug-likeness (QED) is 0.769. The Morgan fingerprint density at radius 2 is 2.07 bits per heavy atom. The number of hydrogen-bond donors (Lipinski definition) is 0. The van der Waals surface area contributed by atoms with Crippen LogP contribution in [0.4, 0.5) is 0 Å². The second-order valence-electron chi connectivity index (χ2n) is 3.40. The Balaban J connectivity index is 2.02. The van der Waals surface area contributed by atoms with Gasteiger partial charge in [-0.2, -0.15) is 0 Å². The van der Waals surface area contributed by atoms with Crippen molar-refractivity contribution in [3.05, 3.63) is 47.7 Å². The Bertz CT molecular complexity index is 448. The third-order valence-electron chi connectivity index (χ3n) is 2.13. The van der Waals surface area contributed by atoms with Crippen LogP contribution < -0.4 is 4.74 Å². The van der Waals surface area contributed by atoms with E-state index in [1.165, 1.54) is 0 Å². The molecule has 3 heteroatoms. The van der Waals surface area contributed by atoms with Crippen molar-refractivity contribution in [2.24, 2.45) is 0 Å². The van der Waals surface area contributed by atoms with Gasteiger partial charge in [0.1, 0.15) is 12.4 Å². The average Bonchev–Trinajstić information content (AvgIpc) is 2.63. The van der Waals surface area contributed by atoms with Crippen molar-refractivity contribution in [2.75, 3.05) is 0 Å². The first-order chi connectivity index (χ1) is 7.25. The van der Waals surface area contributed by atoms with Crippen LogP contribution in [0.1, 0.15) is 17.2 Å². The summed E-state index contributed by atoms with van der Waals surface area (Å²) in [4.78, 5) is 4.00. The molecule has 0 saturated heterocycles. The van der Waals surface area contributed by atoms with Gasteiger partial charge in [-0.25, -0.2) is 4.98 Å². The van der Waals surface area contributed by atoms with E-state index in [2.05, 4.69) is 4.98 Å². The second kappa shape index (κ2) is 4.17. The number of nitrogens with zero attached hydrogens (tertiary/aromatic N) is 1. The number of oxazole rings is 1. The zero-order chi connectivity index (χ0) is 10.7. The summed E-state index contributed by atoms with van der Waals surface area (Å²) in [5, 5.41) is 0. The maximum atomic E-state index is 5.60. The van der Waals surface area contributed by atoms with Crippen molar-refractivity contribution in [3.63, 3.8) is 0 Å². The molecular formula is C12H13NO2. The smallest absolute Gasteiger partial charge is 0.191 e. The Labute approximate surface area is 88.7 Å². The topological polar surface area (TPSA) is 35.3 Å². The SMILES string of the molecule is Cc1ncc(COc2ccccc2C)o1. The predicted octanol–water partition coefficient (Wildman–Crippen LogP) is 2.87. The molecule has 0 amide bonds. The summed E-state index contributed by atoms with van der Waals surface area (Å²) >= 11 is 0. The number of rotatable bonds is 3. The lowest BCUT2D eigenvalue weighted by molar-refractivity contribution is 0.266. The van der Waals surface area contributed by atoms with E-state index in [0.717, 1.165) is 17.1 Å². The molecule has 3 nitrogen and oxygen atoms in total. The van der Waals surface area contributed by atoms with Crippen molar-refractivity contribution >= 4 is 0 Å². The van der Waals surface area contributed by atoms with Crippen LogP contribution in [0.2, 0.25) is 0 Å². The zero-order valence-electron chi connectivity index (χ0n) is 8.86. The monoisotopic (exact) mass is 203 g/mol. The fourth-order valence-electron chi connectivity index (χ4n) is 1.34. The molecular weight excluding hydrogens is 190 g/mol. The molecule has 1 aromatic carbocycles. The highest BCUT2D eigenvalue weighted by Gasteiger charge is 2.02. The Hall–Kier alpha value is -1.77. The second-order valence-corrected chi connectivity index (χ2v) is 3.40. The lowest BCUT2D eigenvalue weighted by Crippen LogP contribution is -1.95. The molecule has 2 rings (SSSR count). The van der Waals surface area contributed by atoms with E-state index in [1.807, 2.05) is 38.1 Å². The summed E-state index contributed by atoms with van der Waals surface area (Å²) in [6.45, 7) is 4.25. The highest BCUT2D eigenvalue weighted by Crippen LogP contribution is 2.17. The molecule has 2 aromatic rings. The molecule has 0 aliphatic heterocycles. The molecule has 0 atom stereocenters. The Morgan fingerprint density at radius 1 is 1.27 bits per heavy atom. The zero-order valence-corrected chi connectivity index (χ0v) is 8.86. The summed E-state index contributed by atoms with van der Waals surface area (Å²) < 4.78 is 10.9. The van der Waals surface area contributed by atoms with Crippen LogP contribution in [-0.4, -0.2) is 4.98 Å². The molecule has 0 fully saturated rings. The fraction of sp³-hybridized carbons (Fsp3) is 0.250. The average molecular weight is 203 g/mol. The van der Waals surface area contributed by atoms with Gasteiger partial charge < -0.3 is 9.15 Å². The van der Waals surface area contributed by atoms with Gasteiger partial charge in [0.15, 0.2) is 11.7 Å².